The monoisotopic (exact) mass is 580 g/mol. The number of methoxy groups -OCH3 is 1. The molecule has 5 atom stereocenters. The van der Waals surface area contributed by atoms with Gasteiger partial charge in [0.2, 0.25) is 5.75 Å². The quantitative estimate of drug-likeness (QED) is 0.278. The fourth-order valence-electron chi connectivity index (χ4n) is 5.51. The van der Waals surface area contributed by atoms with Gasteiger partial charge in [-0.3, -0.25) is 9.80 Å². The highest BCUT2D eigenvalue weighted by Gasteiger charge is 2.53. The van der Waals surface area contributed by atoms with Gasteiger partial charge in [-0.15, -0.1) is 0 Å². The minimum atomic E-state index is -1.56. The lowest BCUT2D eigenvalue weighted by molar-refractivity contribution is -0.235. The topological polar surface area (TPSA) is 162 Å². The number of aliphatic hydroxyl groups is 3. The van der Waals surface area contributed by atoms with Crippen LogP contribution in [0, 0.1) is 0 Å². The Morgan fingerprint density at radius 2 is 1.75 bits per heavy atom. The van der Waals surface area contributed by atoms with Gasteiger partial charge in [-0.2, -0.15) is 0 Å². The summed E-state index contributed by atoms with van der Waals surface area (Å²) in [4.78, 5) is 17.5. The largest absolute Gasteiger partial charge is 0.504 e. The van der Waals surface area contributed by atoms with Crippen LogP contribution in [0.2, 0.25) is 5.02 Å². The van der Waals surface area contributed by atoms with Gasteiger partial charge in [-0.05, 0) is 12.1 Å². The van der Waals surface area contributed by atoms with E-state index in [1.807, 2.05) is 23.1 Å². The summed E-state index contributed by atoms with van der Waals surface area (Å²) in [6.45, 7) is 3.38. The van der Waals surface area contributed by atoms with Crippen molar-refractivity contribution in [2.24, 2.45) is 0 Å². The Morgan fingerprint density at radius 1 is 1.05 bits per heavy atom. The van der Waals surface area contributed by atoms with Crippen molar-refractivity contribution in [2.45, 2.75) is 37.1 Å². The van der Waals surface area contributed by atoms with E-state index in [9.17, 15) is 30.3 Å². The number of ether oxygens (including phenoxy) is 4. The molecule has 0 unspecified atom stereocenters. The molecule has 0 radical (unpaired) electrons. The Bertz CT molecular complexity index is 1240. The van der Waals surface area contributed by atoms with E-state index >= 15 is 0 Å². The molecule has 2 fully saturated rings. The Hall–Kier alpha value is -2.84. The third-order valence-corrected chi connectivity index (χ3v) is 8.01. The summed E-state index contributed by atoms with van der Waals surface area (Å²) in [5.41, 5.74) is 0.0759. The first-order valence-electron chi connectivity index (χ1n) is 13.0. The number of nitrogens with zero attached hydrogens (tertiary/aromatic N) is 2. The van der Waals surface area contributed by atoms with Crippen molar-refractivity contribution in [1.82, 2.24) is 9.80 Å². The van der Waals surface area contributed by atoms with Crippen LogP contribution in [0.15, 0.2) is 24.3 Å². The molecule has 12 nitrogen and oxygen atoms in total. The lowest BCUT2D eigenvalue weighted by Gasteiger charge is -2.45. The lowest BCUT2D eigenvalue weighted by Crippen LogP contribution is -2.58. The molecule has 2 aromatic carbocycles. The third-order valence-electron chi connectivity index (χ3n) is 7.69. The number of piperazine rings is 1. The molecule has 0 bridgehead atoms. The van der Waals surface area contributed by atoms with Gasteiger partial charge in [0.05, 0.1) is 24.3 Å². The van der Waals surface area contributed by atoms with Gasteiger partial charge in [0, 0.05) is 50.4 Å². The molecule has 0 aromatic heterocycles. The molecule has 3 heterocycles. The van der Waals surface area contributed by atoms with E-state index in [0.29, 0.717) is 50.1 Å². The number of phenols is 2. The maximum absolute atomic E-state index is 13.2. The standard InChI is InChI=1S/C27H33ClN2O10/c1-37-25-20(32)14(12-30-8-6-29(7-9-30)10-11-38-16-5-3-2-4-15(16)28)18-19(22(25)34)24-26(40-27(18)36)23(35)21(33)17(13-31)39-24/h2-5,17,21,23-24,26,31-35H,6-13H2,1H3/t17-,21-,23+,24-,26-/m1/s1. The van der Waals surface area contributed by atoms with E-state index < -0.39 is 54.6 Å². The Balaban J connectivity index is 1.33. The zero-order valence-electron chi connectivity index (χ0n) is 21.9. The summed E-state index contributed by atoms with van der Waals surface area (Å²) in [7, 11) is 1.27. The second-order valence-corrected chi connectivity index (χ2v) is 10.4. The average Bonchev–Trinajstić information content (AvgIpc) is 2.95. The first-order valence-corrected chi connectivity index (χ1v) is 13.4. The zero-order valence-corrected chi connectivity index (χ0v) is 22.7. The SMILES string of the molecule is COc1c(O)c(CN2CCN(CCOc3ccccc3Cl)CC2)c2c(c1O)[C@H]1O[C@H](CO)[C@@H](O)[C@H](O)[C@H]1OC2=O. The molecule has 3 aliphatic rings. The second kappa shape index (κ2) is 12.0. The van der Waals surface area contributed by atoms with Crippen molar-refractivity contribution in [3.05, 3.63) is 46.0 Å². The fourth-order valence-corrected chi connectivity index (χ4v) is 5.70. The maximum atomic E-state index is 13.2. The van der Waals surface area contributed by atoms with E-state index in [2.05, 4.69) is 4.90 Å². The maximum Gasteiger partial charge on any atom is 0.339 e. The van der Waals surface area contributed by atoms with Gasteiger partial charge in [0.1, 0.15) is 36.8 Å². The van der Waals surface area contributed by atoms with E-state index in [1.165, 1.54) is 7.11 Å². The van der Waals surface area contributed by atoms with Gasteiger partial charge in [-0.25, -0.2) is 4.79 Å². The molecule has 0 amide bonds. The summed E-state index contributed by atoms with van der Waals surface area (Å²) in [5, 5.41) is 53.1. The van der Waals surface area contributed by atoms with Crippen LogP contribution in [0.4, 0.5) is 0 Å². The molecular weight excluding hydrogens is 548 g/mol. The number of carbonyl (C=O) groups excluding carboxylic acids is 1. The predicted molar refractivity (Wildman–Crippen MR) is 141 cm³/mol. The summed E-state index contributed by atoms with van der Waals surface area (Å²) in [6, 6.07) is 7.29. The van der Waals surface area contributed by atoms with Gasteiger partial charge in [0.25, 0.3) is 0 Å². The summed E-state index contributed by atoms with van der Waals surface area (Å²) in [5.74, 6) is -1.43. The minimum absolute atomic E-state index is 0.0225. The number of aliphatic hydroxyl groups excluding tert-OH is 3. The van der Waals surface area contributed by atoms with Crippen LogP contribution in [-0.2, 0) is 16.0 Å². The van der Waals surface area contributed by atoms with Gasteiger partial charge in [0.15, 0.2) is 17.6 Å². The normalized spacial score (nSPS) is 27.0. The van der Waals surface area contributed by atoms with Crippen molar-refractivity contribution in [2.75, 3.05) is 53.0 Å². The number of esters is 1. The molecule has 0 aliphatic carbocycles. The summed E-state index contributed by atoms with van der Waals surface area (Å²) < 4.78 is 22.3. The van der Waals surface area contributed by atoms with Crippen molar-refractivity contribution in [3.8, 4) is 23.0 Å². The van der Waals surface area contributed by atoms with Gasteiger partial charge in [-0.1, -0.05) is 23.7 Å². The van der Waals surface area contributed by atoms with Crippen molar-refractivity contribution < 1.29 is 49.3 Å². The zero-order chi connectivity index (χ0) is 28.6. The molecule has 40 heavy (non-hydrogen) atoms. The molecule has 218 valence electrons. The van der Waals surface area contributed by atoms with E-state index in [0.717, 1.165) is 0 Å². The molecule has 2 aromatic rings. The van der Waals surface area contributed by atoms with Crippen LogP contribution in [0.5, 0.6) is 23.0 Å². The average molecular weight is 581 g/mol. The number of rotatable bonds is 8. The van der Waals surface area contributed by atoms with Crippen LogP contribution < -0.4 is 9.47 Å². The number of hydrogen-bond donors (Lipinski definition) is 5. The number of phenolic OH excluding ortho intramolecular Hbond substituents is 2. The molecule has 5 rings (SSSR count). The van der Waals surface area contributed by atoms with Crippen molar-refractivity contribution >= 4 is 17.6 Å². The first kappa shape index (κ1) is 28.7. The molecule has 0 saturated carbocycles. The van der Waals surface area contributed by atoms with Crippen LogP contribution in [0.25, 0.3) is 0 Å². The first-order chi connectivity index (χ1) is 19.2. The molecule has 3 aliphatic heterocycles. The number of fused-ring (bicyclic) bond motifs is 3. The fraction of sp³-hybridized carbons (Fsp3) is 0.519. The molecule has 5 N–H and O–H groups in total. The molecule has 0 spiro atoms. The number of hydrogen-bond acceptors (Lipinski definition) is 12. The van der Waals surface area contributed by atoms with Crippen molar-refractivity contribution in [1.29, 1.82) is 0 Å². The number of halogens is 1. The smallest absolute Gasteiger partial charge is 0.339 e. The van der Waals surface area contributed by atoms with Crippen LogP contribution in [0.3, 0.4) is 0 Å². The Kier molecular flexibility index (Phi) is 8.57. The van der Waals surface area contributed by atoms with Crippen LogP contribution in [0.1, 0.15) is 27.6 Å². The van der Waals surface area contributed by atoms with Crippen LogP contribution >= 0.6 is 11.6 Å². The highest BCUT2D eigenvalue weighted by molar-refractivity contribution is 6.32. The van der Waals surface area contributed by atoms with Gasteiger partial charge < -0.3 is 44.5 Å². The molecule has 13 heteroatoms. The van der Waals surface area contributed by atoms with Crippen LogP contribution in [-0.4, -0.2) is 119 Å². The molecule has 2 saturated heterocycles. The predicted octanol–water partition coefficient (Wildman–Crippen LogP) is 0.649. The summed E-state index contributed by atoms with van der Waals surface area (Å²) >= 11 is 6.15. The number of carbonyl (C=O) groups is 1. The highest BCUT2D eigenvalue weighted by Crippen LogP contribution is 2.52. The van der Waals surface area contributed by atoms with Gasteiger partial charge >= 0.3 is 5.97 Å². The Labute approximate surface area is 235 Å². The number of aromatic hydroxyl groups is 2. The molecular formula is C27H33ClN2O10. The highest BCUT2D eigenvalue weighted by atomic mass is 35.5. The summed E-state index contributed by atoms with van der Waals surface area (Å²) in [6.07, 6.45) is -6.79. The van der Waals surface area contributed by atoms with E-state index in [-0.39, 0.29) is 29.0 Å². The number of para-hydroxylation sites is 1. The minimum Gasteiger partial charge on any atom is -0.504 e. The third kappa shape index (κ3) is 5.28. The van der Waals surface area contributed by atoms with Crippen molar-refractivity contribution in [3.63, 3.8) is 0 Å². The lowest BCUT2D eigenvalue weighted by atomic mass is 9.84. The van der Waals surface area contributed by atoms with E-state index in [4.69, 9.17) is 30.5 Å². The second-order valence-electron chi connectivity index (χ2n) is 10.0. The number of benzene rings is 2. The van der Waals surface area contributed by atoms with E-state index in [1.54, 1.807) is 6.07 Å². The Morgan fingerprint density at radius 3 is 2.42 bits per heavy atom.